The van der Waals surface area contributed by atoms with Gasteiger partial charge in [-0.15, -0.1) is 0 Å². The number of aromatic hydroxyl groups is 1. The molecule has 23 nitrogen and oxygen atoms in total. The number of likely N-dealkylation sites (tertiary alicyclic amines) is 1. The van der Waals surface area contributed by atoms with Gasteiger partial charge in [0.05, 0.1) is 31.5 Å². The van der Waals surface area contributed by atoms with Crippen LogP contribution in [0.15, 0.2) is 24.3 Å². The second-order valence-corrected chi connectivity index (χ2v) is 15.6. The molecule has 0 bridgehead atoms. The Morgan fingerprint density at radius 1 is 0.758 bits per heavy atom. The van der Waals surface area contributed by atoms with Gasteiger partial charge < -0.3 is 69.3 Å². The zero-order valence-electron chi connectivity index (χ0n) is 35.3. The van der Waals surface area contributed by atoms with E-state index >= 15 is 0 Å². The zero-order chi connectivity index (χ0) is 47.0. The largest absolute Gasteiger partial charge is 0.508 e. The van der Waals surface area contributed by atoms with E-state index in [-0.39, 0.29) is 31.1 Å². The molecular formula is C39H60N10O13. The average Bonchev–Trinajstić information content (AvgIpc) is 3.69. The number of nitrogens with two attached hydrogens (primary N) is 3. The SMILES string of the molecule is CC[C@H](C)[C@H](N)C(=O)N[C@@H](Cc1ccc(O)cc1)C(=O)N1CCC[C@H]1C(=O)NCC(=O)N[C@@H](CC(N)=O)C(=O)N[C@H](C(=O)N[C@@H](CC(N)=O)C(=O)N[C@H](C(=O)O)[C@@H](C)O)C(C)C. The van der Waals surface area contributed by atoms with Gasteiger partial charge in [0.1, 0.15) is 36.0 Å². The summed E-state index contributed by atoms with van der Waals surface area (Å²) in [6, 6.07) is -3.84. The number of amides is 9. The van der Waals surface area contributed by atoms with Crippen molar-refractivity contribution < 1.29 is 63.3 Å². The van der Waals surface area contributed by atoms with E-state index in [1.165, 1.54) is 30.9 Å². The molecular weight excluding hydrogens is 816 g/mol. The highest BCUT2D eigenvalue weighted by molar-refractivity contribution is 5.99. The molecule has 1 fully saturated rings. The third-order valence-corrected chi connectivity index (χ3v) is 10.2. The molecule has 1 aliphatic rings. The second-order valence-electron chi connectivity index (χ2n) is 15.6. The molecule has 1 saturated heterocycles. The number of carbonyl (C=O) groups excluding carboxylic acids is 9. The fraction of sp³-hybridized carbons (Fsp3) is 0.590. The Bertz CT molecular complexity index is 1810. The molecule has 344 valence electrons. The van der Waals surface area contributed by atoms with Crippen molar-refractivity contribution >= 4 is 59.1 Å². The van der Waals surface area contributed by atoms with Crippen molar-refractivity contribution in [3.05, 3.63) is 29.8 Å². The van der Waals surface area contributed by atoms with Crippen LogP contribution in [0.1, 0.15) is 72.3 Å². The predicted molar refractivity (Wildman–Crippen MR) is 218 cm³/mol. The highest BCUT2D eigenvalue weighted by Gasteiger charge is 2.39. The molecule has 1 aromatic rings. The van der Waals surface area contributed by atoms with Crippen LogP contribution >= 0.6 is 0 Å². The first kappa shape index (κ1) is 51.8. The van der Waals surface area contributed by atoms with E-state index in [0.29, 0.717) is 18.4 Å². The average molecular weight is 877 g/mol. The van der Waals surface area contributed by atoms with Gasteiger partial charge >= 0.3 is 5.97 Å². The summed E-state index contributed by atoms with van der Waals surface area (Å²) in [7, 11) is 0. The molecule has 62 heavy (non-hydrogen) atoms. The maximum atomic E-state index is 14.0. The van der Waals surface area contributed by atoms with Gasteiger partial charge in [0.2, 0.25) is 53.2 Å². The number of carboxylic acid groups (broad SMARTS) is 1. The van der Waals surface area contributed by atoms with E-state index in [9.17, 15) is 63.3 Å². The summed E-state index contributed by atoms with van der Waals surface area (Å²) < 4.78 is 0. The molecule has 1 heterocycles. The van der Waals surface area contributed by atoms with E-state index < -0.39 is 133 Å². The number of nitrogens with zero attached hydrogens (tertiary/aromatic N) is 1. The van der Waals surface area contributed by atoms with Gasteiger partial charge in [-0.3, -0.25) is 43.2 Å². The van der Waals surface area contributed by atoms with Crippen LogP contribution in [0.5, 0.6) is 5.75 Å². The summed E-state index contributed by atoms with van der Waals surface area (Å²) in [5.41, 5.74) is 17.3. The summed E-state index contributed by atoms with van der Waals surface area (Å²) in [5.74, 6) is -10.8. The molecule has 0 saturated carbocycles. The minimum Gasteiger partial charge on any atom is -0.508 e. The van der Waals surface area contributed by atoms with E-state index in [2.05, 4.69) is 26.6 Å². The smallest absolute Gasteiger partial charge is 0.328 e. The van der Waals surface area contributed by atoms with Gasteiger partial charge in [-0.05, 0) is 49.3 Å². The van der Waals surface area contributed by atoms with Crippen molar-refractivity contribution in [2.24, 2.45) is 29.0 Å². The number of benzene rings is 1. The summed E-state index contributed by atoms with van der Waals surface area (Å²) in [6.07, 6.45) is -1.91. The molecule has 15 N–H and O–H groups in total. The number of nitrogens with one attached hydrogen (secondary N) is 6. The number of carboxylic acids is 1. The van der Waals surface area contributed by atoms with Crippen LogP contribution in [0.3, 0.4) is 0 Å². The fourth-order valence-electron chi connectivity index (χ4n) is 6.40. The Kier molecular flexibility index (Phi) is 20.2. The van der Waals surface area contributed by atoms with Gasteiger partial charge in [0.25, 0.3) is 0 Å². The lowest BCUT2D eigenvalue weighted by Gasteiger charge is -2.30. The van der Waals surface area contributed by atoms with Crippen LogP contribution in [0.2, 0.25) is 0 Å². The molecule has 0 spiro atoms. The van der Waals surface area contributed by atoms with Crippen molar-refractivity contribution in [2.75, 3.05) is 13.1 Å². The molecule has 9 atom stereocenters. The molecule has 2 rings (SSSR count). The Labute approximate surface area is 358 Å². The van der Waals surface area contributed by atoms with Crippen LogP contribution in [0.25, 0.3) is 0 Å². The van der Waals surface area contributed by atoms with Crippen LogP contribution < -0.4 is 49.1 Å². The molecule has 9 amide bonds. The second kappa shape index (κ2) is 24.2. The van der Waals surface area contributed by atoms with Crippen molar-refractivity contribution in [1.82, 2.24) is 36.8 Å². The maximum absolute atomic E-state index is 14.0. The zero-order valence-corrected chi connectivity index (χ0v) is 35.3. The molecule has 0 unspecified atom stereocenters. The predicted octanol–water partition coefficient (Wildman–Crippen LogP) is -4.29. The van der Waals surface area contributed by atoms with Gasteiger partial charge in [0.15, 0.2) is 6.04 Å². The number of rotatable bonds is 24. The number of phenols is 1. The number of aliphatic carboxylic acids is 1. The van der Waals surface area contributed by atoms with Crippen LogP contribution in [-0.4, -0.2) is 141 Å². The Balaban J connectivity index is 2.18. The number of aliphatic hydroxyl groups is 1. The number of primary amides is 2. The quantitative estimate of drug-likeness (QED) is 0.0468. The number of hydrogen-bond acceptors (Lipinski definition) is 13. The van der Waals surface area contributed by atoms with Gasteiger partial charge in [0, 0.05) is 13.0 Å². The third kappa shape index (κ3) is 15.9. The normalized spacial score (nSPS) is 17.4. The van der Waals surface area contributed by atoms with E-state index in [4.69, 9.17) is 17.2 Å². The van der Waals surface area contributed by atoms with Crippen molar-refractivity contribution in [1.29, 1.82) is 0 Å². The van der Waals surface area contributed by atoms with Crippen LogP contribution in [-0.2, 0) is 54.4 Å². The van der Waals surface area contributed by atoms with Gasteiger partial charge in [-0.2, -0.15) is 0 Å². The van der Waals surface area contributed by atoms with Crippen molar-refractivity contribution in [3.8, 4) is 5.75 Å². The monoisotopic (exact) mass is 876 g/mol. The number of hydrogen-bond donors (Lipinski definition) is 12. The Morgan fingerprint density at radius 2 is 1.29 bits per heavy atom. The van der Waals surface area contributed by atoms with E-state index in [1.54, 1.807) is 19.1 Å². The lowest BCUT2D eigenvalue weighted by Crippen LogP contribution is -2.60. The Morgan fingerprint density at radius 3 is 1.79 bits per heavy atom. The van der Waals surface area contributed by atoms with Gasteiger partial charge in [-0.1, -0.05) is 46.2 Å². The first-order valence-electron chi connectivity index (χ1n) is 20.1. The topological polar surface area (TPSA) is 385 Å². The number of aliphatic hydroxyl groups excluding tert-OH is 1. The summed E-state index contributed by atoms with van der Waals surface area (Å²) in [4.78, 5) is 130. The van der Waals surface area contributed by atoms with Gasteiger partial charge in [-0.25, -0.2) is 4.79 Å². The molecule has 0 aliphatic carbocycles. The minimum absolute atomic E-state index is 0.00617. The molecule has 0 aromatic heterocycles. The lowest BCUT2D eigenvalue weighted by molar-refractivity contribution is -0.145. The van der Waals surface area contributed by atoms with Crippen LogP contribution in [0, 0.1) is 11.8 Å². The number of phenolic OH excluding ortho intramolecular Hbond substituents is 1. The molecule has 23 heteroatoms. The highest BCUT2D eigenvalue weighted by atomic mass is 16.4. The third-order valence-electron chi connectivity index (χ3n) is 10.2. The first-order chi connectivity index (χ1) is 29.0. The van der Waals surface area contributed by atoms with Crippen LogP contribution in [0.4, 0.5) is 0 Å². The first-order valence-corrected chi connectivity index (χ1v) is 20.1. The minimum atomic E-state index is -1.81. The molecule has 1 aliphatic heterocycles. The lowest BCUT2D eigenvalue weighted by atomic mass is 9.98. The fourth-order valence-corrected chi connectivity index (χ4v) is 6.40. The standard InChI is InChI=1S/C39H60N10O13/c1-6-19(4)30(42)36(58)46-25(14-21-9-11-22(51)12-10-21)38(60)49-13-7-8-26(49)35(57)43-17-29(54)44-23(15-27(40)52)33(55)47-31(18(2)3)37(59)45-24(16-28(41)53)34(56)48-32(20(5)50)39(61)62/h9-12,18-20,23-26,30-32,50-51H,6-8,13-17,42H2,1-5H3,(H2,40,52)(H2,41,53)(H,43,57)(H,44,54)(H,45,59)(H,46,58)(H,47,55)(H,48,56)(H,61,62)/t19-,20+,23-,24-,25-,26-,30-,31-,32-/m0/s1. The van der Waals surface area contributed by atoms with Crippen molar-refractivity contribution in [2.45, 2.75) is 122 Å². The summed E-state index contributed by atoms with van der Waals surface area (Å²) in [6.45, 7) is 7.12. The Hall–Kier alpha value is -6.36. The molecule has 1 aromatic carbocycles. The summed E-state index contributed by atoms with van der Waals surface area (Å²) >= 11 is 0. The summed E-state index contributed by atoms with van der Waals surface area (Å²) in [5, 5.41) is 42.8. The highest BCUT2D eigenvalue weighted by Crippen LogP contribution is 2.21. The van der Waals surface area contributed by atoms with E-state index in [0.717, 1.165) is 6.92 Å². The van der Waals surface area contributed by atoms with Crippen molar-refractivity contribution in [3.63, 3.8) is 0 Å². The number of carbonyl (C=O) groups is 10. The van der Waals surface area contributed by atoms with E-state index in [1.807, 2.05) is 12.2 Å². The maximum Gasteiger partial charge on any atom is 0.328 e. The molecule has 0 radical (unpaired) electrons.